The fourth-order valence-corrected chi connectivity index (χ4v) is 11.0. The second-order valence-corrected chi connectivity index (χ2v) is 18.4. The summed E-state index contributed by atoms with van der Waals surface area (Å²) in [5, 5.41) is 25.3. The Morgan fingerprint density at radius 3 is 2.54 bits per heavy atom. The number of ether oxygens (including phenoxy) is 1. The van der Waals surface area contributed by atoms with Gasteiger partial charge in [-0.15, -0.1) is 5.10 Å². The molecule has 4 heterocycles. The summed E-state index contributed by atoms with van der Waals surface area (Å²) in [6.45, 7) is 7.39. The highest BCUT2D eigenvalue weighted by molar-refractivity contribution is 6.71. The number of hydrogen-bond acceptors (Lipinski definition) is 8. The van der Waals surface area contributed by atoms with Gasteiger partial charge in [0.05, 0.1) is 42.6 Å². The zero-order valence-electron chi connectivity index (χ0n) is 28.8. The fourth-order valence-electron chi connectivity index (χ4n) is 8.38. The van der Waals surface area contributed by atoms with E-state index in [4.69, 9.17) is 4.74 Å². The van der Waals surface area contributed by atoms with E-state index in [1.807, 2.05) is 105 Å². The first kappa shape index (κ1) is 34.3. The number of carbonyl (C=O) groups is 2. The van der Waals surface area contributed by atoms with Crippen LogP contribution in [0.15, 0.2) is 85.1 Å². The Labute approximate surface area is 293 Å². The number of fused-ring (bicyclic) bond motifs is 2. The summed E-state index contributed by atoms with van der Waals surface area (Å²) >= 11 is 0. The first-order valence-corrected chi connectivity index (χ1v) is 20.6. The molecule has 1 aromatic heterocycles. The molecule has 3 aliphatic heterocycles. The molecule has 3 aliphatic rings. The molecule has 4 aromatic rings. The molecule has 0 radical (unpaired) electrons. The van der Waals surface area contributed by atoms with Gasteiger partial charge >= 0.3 is 0 Å². The van der Waals surface area contributed by atoms with E-state index in [1.54, 1.807) is 9.58 Å². The van der Waals surface area contributed by atoms with Gasteiger partial charge in [0.15, 0.2) is 13.9 Å². The Balaban J connectivity index is 1.20. The van der Waals surface area contributed by atoms with Gasteiger partial charge in [0, 0.05) is 35.5 Å². The van der Waals surface area contributed by atoms with Crippen molar-refractivity contribution >= 4 is 31.5 Å². The van der Waals surface area contributed by atoms with Gasteiger partial charge in [-0.2, -0.15) is 0 Å². The van der Waals surface area contributed by atoms with Gasteiger partial charge in [0.2, 0.25) is 5.91 Å². The number of rotatable bonds is 11. The van der Waals surface area contributed by atoms with Crippen LogP contribution >= 0.6 is 0 Å². The smallest absolute Gasteiger partial charge is 0.264 e. The lowest BCUT2D eigenvalue weighted by Crippen LogP contribution is -2.46. The number of nitrogens with zero attached hydrogens (tertiary/aromatic N) is 4. The van der Waals surface area contributed by atoms with Crippen LogP contribution in [-0.2, 0) is 33.0 Å². The Morgan fingerprint density at radius 1 is 1.12 bits per heavy atom. The van der Waals surface area contributed by atoms with Crippen LogP contribution in [0.2, 0.25) is 18.6 Å². The largest absolute Gasteiger partial charge is 0.432 e. The molecule has 50 heavy (non-hydrogen) atoms. The number of aliphatic hydroxyl groups is 1. The van der Waals surface area contributed by atoms with Gasteiger partial charge in [-0.1, -0.05) is 72.8 Å². The Morgan fingerprint density at radius 2 is 1.86 bits per heavy atom. The van der Waals surface area contributed by atoms with Crippen molar-refractivity contribution in [2.24, 2.45) is 5.92 Å². The van der Waals surface area contributed by atoms with Crippen LogP contribution in [0.5, 0.6) is 0 Å². The van der Waals surface area contributed by atoms with E-state index >= 15 is 0 Å². The van der Waals surface area contributed by atoms with E-state index in [0.717, 1.165) is 36.2 Å². The molecule has 4 N–H and O–H groups in total. The zero-order chi connectivity index (χ0) is 35.0. The Hall–Kier alpha value is -4.20. The molecule has 6 atom stereocenters. The van der Waals surface area contributed by atoms with E-state index in [0.29, 0.717) is 36.5 Å². The molecule has 3 aromatic carbocycles. The zero-order valence-corrected chi connectivity index (χ0v) is 29.8. The number of anilines is 2. The highest BCUT2D eigenvalue weighted by Crippen LogP contribution is 2.60. The molecule has 7 rings (SSSR count). The lowest BCUT2D eigenvalue weighted by Gasteiger charge is -2.32. The molecule has 1 spiro atoms. The van der Waals surface area contributed by atoms with Gasteiger partial charge in [-0.3, -0.25) is 14.3 Å². The summed E-state index contributed by atoms with van der Waals surface area (Å²) < 4.78 is 8.80. The average Bonchev–Trinajstić information content (AvgIpc) is 3.90. The van der Waals surface area contributed by atoms with Crippen LogP contribution in [0.3, 0.4) is 0 Å². The molecule has 2 saturated heterocycles. The molecule has 1 unspecified atom stereocenters. The number of aliphatic hydroxyl groups excluding tert-OH is 1. The van der Waals surface area contributed by atoms with Crippen LogP contribution in [0.1, 0.15) is 54.5 Å². The number of benzene rings is 3. The maximum atomic E-state index is 14.9. The van der Waals surface area contributed by atoms with Crippen molar-refractivity contribution in [3.63, 3.8) is 0 Å². The van der Waals surface area contributed by atoms with E-state index in [9.17, 15) is 19.5 Å². The van der Waals surface area contributed by atoms with Gasteiger partial charge in [-0.25, -0.2) is 0 Å². The SMILES string of the molecule is C[C@@H]1[C@@H]([Si](C)(C)O)[C@H](CCn2cc(C(CO)c3ccccc3)nn2)O[C@@]12C(=O)N(Cc1ccccc1)c1ccc(NC(=O)[C@H]3CCCN3)cc12. The molecule has 0 saturated carbocycles. The topological polar surface area (TPSA) is 142 Å². The van der Waals surface area contributed by atoms with Gasteiger partial charge in [0.1, 0.15) is 0 Å². The van der Waals surface area contributed by atoms with E-state index in [2.05, 4.69) is 20.9 Å². The number of aryl methyl sites for hydroxylation is 1. The van der Waals surface area contributed by atoms with Crippen LogP contribution in [0.25, 0.3) is 0 Å². The minimum Gasteiger partial charge on any atom is -0.432 e. The van der Waals surface area contributed by atoms with Crippen molar-refractivity contribution in [1.29, 1.82) is 0 Å². The molecule has 262 valence electrons. The average molecular weight is 695 g/mol. The fraction of sp³-hybridized carbons (Fsp3) is 0.421. The van der Waals surface area contributed by atoms with E-state index in [-0.39, 0.29) is 41.8 Å². The van der Waals surface area contributed by atoms with Crippen molar-refractivity contribution in [3.05, 3.63) is 107 Å². The maximum Gasteiger partial charge on any atom is 0.264 e. The molecule has 11 nitrogen and oxygen atoms in total. The third kappa shape index (κ3) is 6.30. The number of aromatic nitrogens is 3. The molecular weight excluding hydrogens is 649 g/mol. The third-order valence-corrected chi connectivity index (χ3v) is 13.3. The predicted octanol–water partition coefficient (Wildman–Crippen LogP) is 4.53. The second-order valence-electron chi connectivity index (χ2n) is 14.4. The third-order valence-electron chi connectivity index (χ3n) is 10.8. The van der Waals surface area contributed by atoms with Crippen LogP contribution in [0.4, 0.5) is 11.4 Å². The Bertz CT molecular complexity index is 1830. The number of carbonyl (C=O) groups excluding carboxylic acids is 2. The normalized spacial score (nSPS) is 25.3. The van der Waals surface area contributed by atoms with Crippen molar-refractivity contribution in [1.82, 2.24) is 20.3 Å². The summed E-state index contributed by atoms with van der Waals surface area (Å²) in [6, 6.07) is 25.0. The first-order chi connectivity index (χ1) is 24.1. The van der Waals surface area contributed by atoms with Crippen molar-refractivity contribution in [2.75, 3.05) is 23.4 Å². The first-order valence-electron chi connectivity index (χ1n) is 17.6. The number of nitrogens with one attached hydrogen (secondary N) is 2. The number of amides is 2. The molecule has 0 aliphatic carbocycles. The summed E-state index contributed by atoms with van der Waals surface area (Å²) in [6.07, 6.45) is 3.64. The quantitative estimate of drug-likeness (QED) is 0.168. The second kappa shape index (κ2) is 13.8. The lowest BCUT2D eigenvalue weighted by atomic mass is 9.82. The highest BCUT2D eigenvalue weighted by Gasteiger charge is 2.66. The highest BCUT2D eigenvalue weighted by atomic mass is 28.4. The van der Waals surface area contributed by atoms with Crippen LogP contribution in [0, 0.1) is 5.92 Å². The lowest BCUT2D eigenvalue weighted by molar-refractivity contribution is -0.146. The van der Waals surface area contributed by atoms with Crippen LogP contribution in [-0.4, -0.2) is 70.3 Å². The van der Waals surface area contributed by atoms with Gasteiger partial charge < -0.3 is 30.2 Å². The van der Waals surface area contributed by atoms with Gasteiger partial charge in [0.25, 0.3) is 5.91 Å². The Kier molecular flexibility index (Phi) is 9.48. The summed E-state index contributed by atoms with van der Waals surface area (Å²) in [5.74, 6) is -0.899. The van der Waals surface area contributed by atoms with Crippen molar-refractivity contribution in [2.45, 2.75) is 81.6 Å². The maximum absolute atomic E-state index is 14.9. The minimum atomic E-state index is -2.90. The predicted molar refractivity (Wildman–Crippen MR) is 193 cm³/mol. The monoisotopic (exact) mass is 694 g/mol. The molecule has 0 bridgehead atoms. The molecule has 2 amide bonds. The summed E-state index contributed by atoms with van der Waals surface area (Å²) in [5.41, 5.74) is 3.07. The van der Waals surface area contributed by atoms with Crippen LogP contribution < -0.4 is 15.5 Å². The minimum absolute atomic E-state index is 0.0927. The molecular formula is C38H46N6O5Si. The number of hydrogen-bond donors (Lipinski definition) is 4. The molecule has 12 heteroatoms. The van der Waals surface area contributed by atoms with Crippen molar-refractivity contribution < 1.29 is 24.2 Å². The van der Waals surface area contributed by atoms with E-state index in [1.165, 1.54) is 0 Å². The summed E-state index contributed by atoms with van der Waals surface area (Å²) in [4.78, 5) is 41.6. The van der Waals surface area contributed by atoms with Crippen molar-refractivity contribution in [3.8, 4) is 0 Å². The standard InChI is InChI=1S/C38H46N6O5Si/c1-25-35(50(2,3)48)34(18-20-43-23-32(41-42-43)29(24-45)27-13-8-5-9-14-27)49-38(25)30-21-28(40-36(46)31-15-10-19-39-31)16-17-33(30)44(37(38)47)22-26-11-6-4-7-12-26/h4-9,11-14,16-17,21,23,25,29,31,34-35,39,45,48H,10,15,18-20,22,24H2,1-3H3,(H,40,46)/t25-,29?,31-,34+,35-,38+/m1/s1. The summed E-state index contributed by atoms with van der Waals surface area (Å²) in [7, 11) is -2.90. The van der Waals surface area contributed by atoms with Gasteiger partial charge in [-0.05, 0) is 68.2 Å². The molecule has 2 fully saturated rings. The van der Waals surface area contributed by atoms with E-state index < -0.39 is 20.0 Å².